The number of nitrogens with one attached hydrogen (secondary N) is 3. The lowest BCUT2D eigenvalue weighted by Gasteiger charge is -2.12. The Morgan fingerprint density at radius 2 is 1.38 bits per heavy atom. The molecule has 0 heterocycles. The normalized spacial score (nSPS) is 11.1. The summed E-state index contributed by atoms with van der Waals surface area (Å²) in [6, 6.07) is 19.9. The number of hydrogen-bond donors (Lipinski definition) is 3. The van der Waals surface area contributed by atoms with Gasteiger partial charge >= 0.3 is 0 Å². The second kappa shape index (κ2) is 13.6. The molecule has 0 atom stereocenters. The van der Waals surface area contributed by atoms with E-state index in [0.717, 1.165) is 11.8 Å². The maximum absolute atomic E-state index is 14.3. The Morgan fingerprint density at radius 3 is 2.07 bits per heavy atom. The Kier molecular flexibility index (Phi) is 9.71. The van der Waals surface area contributed by atoms with Crippen LogP contribution in [0.2, 0.25) is 0 Å². The average Bonchev–Trinajstić information content (AvgIpc) is 2.98. The smallest absolute Gasteiger partial charge is 0.272 e. The topological polar surface area (TPSA) is 87.3 Å². The molecule has 0 unspecified atom stereocenters. The van der Waals surface area contributed by atoms with Crippen molar-refractivity contribution in [2.45, 2.75) is 4.90 Å². The fourth-order valence-corrected chi connectivity index (χ4v) is 4.31. The van der Waals surface area contributed by atoms with Crippen LogP contribution in [0.25, 0.3) is 6.08 Å². The molecule has 0 spiro atoms. The predicted octanol–water partition coefficient (Wildman–Crippen LogP) is 6.52. The van der Waals surface area contributed by atoms with E-state index in [9.17, 15) is 36.3 Å². The number of thioether (sulfide) groups is 1. The van der Waals surface area contributed by atoms with Crippen molar-refractivity contribution in [2.24, 2.45) is 0 Å². The molecule has 0 aliphatic heterocycles. The van der Waals surface area contributed by atoms with Gasteiger partial charge in [-0.2, -0.15) is 0 Å². The molecular formula is C30H20F5N3O3S. The van der Waals surface area contributed by atoms with Crippen molar-refractivity contribution in [3.63, 3.8) is 0 Å². The van der Waals surface area contributed by atoms with Gasteiger partial charge in [0, 0.05) is 27.8 Å². The summed E-state index contributed by atoms with van der Waals surface area (Å²) in [7, 11) is 0. The maximum atomic E-state index is 14.3. The third-order valence-corrected chi connectivity index (χ3v) is 6.57. The van der Waals surface area contributed by atoms with Crippen molar-refractivity contribution in [3.05, 3.63) is 131 Å². The predicted molar refractivity (Wildman–Crippen MR) is 149 cm³/mol. The van der Waals surface area contributed by atoms with Crippen molar-refractivity contribution in [3.8, 4) is 0 Å². The molecule has 0 aliphatic rings. The molecule has 0 fully saturated rings. The van der Waals surface area contributed by atoms with Gasteiger partial charge in [-0.25, -0.2) is 22.0 Å². The van der Waals surface area contributed by atoms with Gasteiger partial charge in [-0.05, 0) is 42.5 Å². The van der Waals surface area contributed by atoms with Crippen molar-refractivity contribution in [1.82, 2.24) is 5.32 Å². The van der Waals surface area contributed by atoms with Gasteiger partial charge < -0.3 is 16.0 Å². The average molecular weight is 598 g/mol. The van der Waals surface area contributed by atoms with Gasteiger partial charge in [-0.1, -0.05) is 42.5 Å². The van der Waals surface area contributed by atoms with E-state index < -0.39 is 58.2 Å². The lowest BCUT2D eigenvalue weighted by Crippen LogP contribution is -2.30. The lowest BCUT2D eigenvalue weighted by atomic mass is 10.1. The van der Waals surface area contributed by atoms with Gasteiger partial charge in [-0.15, -0.1) is 11.8 Å². The summed E-state index contributed by atoms with van der Waals surface area (Å²) in [4.78, 5) is 38.6. The first kappa shape index (κ1) is 30.0. The number of carbonyl (C=O) groups is 3. The minimum atomic E-state index is -1.74. The summed E-state index contributed by atoms with van der Waals surface area (Å²) in [5.74, 6) is -10.2. The first-order valence-corrected chi connectivity index (χ1v) is 13.1. The van der Waals surface area contributed by atoms with E-state index in [1.807, 2.05) is 5.32 Å². The molecule has 0 saturated carbocycles. The van der Waals surface area contributed by atoms with E-state index in [1.54, 1.807) is 48.5 Å². The standard InChI is InChI=1S/C30H20F5N3O3S/c31-21-12-5-4-9-18(21)13-24(37-29(40)17-7-2-1-3-8-17)30(41)36-19-10-6-11-20(14-19)42-16-25(39)38-28-26(34)22(32)15-23(33)27(28)35/h1-15H,16H2,(H,36,41)(H,37,40)(H,38,39)/b24-13-. The Labute approximate surface area is 240 Å². The molecule has 0 radical (unpaired) electrons. The van der Waals surface area contributed by atoms with Crippen LogP contribution in [0.15, 0.2) is 95.5 Å². The van der Waals surface area contributed by atoms with Crippen LogP contribution in [-0.4, -0.2) is 23.5 Å². The highest BCUT2D eigenvalue weighted by Gasteiger charge is 2.21. The van der Waals surface area contributed by atoms with Gasteiger partial charge in [-0.3, -0.25) is 14.4 Å². The molecule has 4 rings (SSSR count). The van der Waals surface area contributed by atoms with Crippen molar-refractivity contribution in [1.29, 1.82) is 0 Å². The minimum absolute atomic E-state index is 0.0267. The Balaban J connectivity index is 1.47. The van der Waals surface area contributed by atoms with Crippen LogP contribution in [0.4, 0.5) is 33.3 Å². The number of amides is 3. The van der Waals surface area contributed by atoms with Gasteiger partial charge in [0.1, 0.15) is 17.2 Å². The van der Waals surface area contributed by atoms with Crippen LogP contribution in [0, 0.1) is 29.1 Å². The highest BCUT2D eigenvalue weighted by Crippen LogP contribution is 2.26. The van der Waals surface area contributed by atoms with Crippen molar-refractivity contribution >= 4 is 46.9 Å². The number of benzene rings is 4. The molecule has 0 bridgehead atoms. The summed E-state index contributed by atoms with van der Waals surface area (Å²) < 4.78 is 68.8. The molecule has 214 valence electrons. The first-order chi connectivity index (χ1) is 20.1. The Bertz CT molecular complexity index is 1660. The van der Waals surface area contributed by atoms with Crippen molar-refractivity contribution in [2.75, 3.05) is 16.4 Å². The molecule has 0 saturated heterocycles. The van der Waals surface area contributed by atoms with Crippen LogP contribution < -0.4 is 16.0 Å². The summed E-state index contributed by atoms with van der Waals surface area (Å²) >= 11 is 0.900. The summed E-state index contributed by atoms with van der Waals surface area (Å²) in [5.41, 5.74) is -0.939. The molecule has 6 nitrogen and oxygen atoms in total. The lowest BCUT2D eigenvalue weighted by molar-refractivity contribution is -0.114. The van der Waals surface area contributed by atoms with E-state index in [0.29, 0.717) is 4.90 Å². The first-order valence-electron chi connectivity index (χ1n) is 12.1. The largest absolute Gasteiger partial charge is 0.321 e. The number of halogens is 5. The third-order valence-electron chi connectivity index (χ3n) is 5.57. The van der Waals surface area contributed by atoms with Gasteiger partial charge in [0.2, 0.25) is 5.91 Å². The van der Waals surface area contributed by atoms with Gasteiger partial charge in [0.05, 0.1) is 5.75 Å². The third kappa shape index (κ3) is 7.61. The van der Waals surface area contributed by atoms with E-state index in [-0.39, 0.29) is 28.6 Å². The van der Waals surface area contributed by atoms with Crippen LogP contribution >= 0.6 is 11.8 Å². The van der Waals surface area contributed by atoms with E-state index in [2.05, 4.69) is 10.6 Å². The van der Waals surface area contributed by atoms with Crippen LogP contribution in [0.1, 0.15) is 15.9 Å². The molecule has 3 N–H and O–H groups in total. The summed E-state index contributed by atoms with van der Waals surface area (Å²) in [5, 5.41) is 6.90. The minimum Gasteiger partial charge on any atom is -0.321 e. The molecule has 4 aromatic carbocycles. The van der Waals surface area contributed by atoms with Crippen LogP contribution in [0.5, 0.6) is 0 Å². The molecule has 4 aromatic rings. The SMILES string of the molecule is O=C(CSc1cccc(NC(=O)/C(=C/c2ccccc2F)NC(=O)c2ccccc2)c1)Nc1c(F)c(F)cc(F)c1F. The number of rotatable bonds is 9. The summed E-state index contributed by atoms with van der Waals surface area (Å²) in [6.45, 7) is 0. The van der Waals surface area contributed by atoms with E-state index in [4.69, 9.17) is 0 Å². The fourth-order valence-electron chi connectivity index (χ4n) is 3.56. The second-order valence-corrected chi connectivity index (χ2v) is 9.61. The zero-order valence-corrected chi connectivity index (χ0v) is 22.2. The highest BCUT2D eigenvalue weighted by molar-refractivity contribution is 8.00. The van der Waals surface area contributed by atoms with Gasteiger partial charge in [0.15, 0.2) is 23.3 Å². The van der Waals surface area contributed by atoms with E-state index >= 15 is 0 Å². The Morgan fingerprint density at radius 1 is 0.714 bits per heavy atom. The zero-order chi connectivity index (χ0) is 30.2. The quantitative estimate of drug-likeness (QED) is 0.0888. The second-order valence-electron chi connectivity index (χ2n) is 8.56. The highest BCUT2D eigenvalue weighted by atomic mass is 32.2. The monoisotopic (exact) mass is 597 g/mol. The van der Waals surface area contributed by atoms with Gasteiger partial charge in [0.25, 0.3) is 11.8 Å². The molecule has 12 heteroatoms. The van der Waals surface area contributed by atoms with Crippen LogP contribution in [-0.2, 0) is 9.59 Å². The van der Waals surface area contributed by atoms with Crippen molar-refractivity contribution < 1.29 is 36.3 Å². The Hall–Kier alpha value is -4.97. The summed E-state index contributed by atoms with van der Waals surface area (Å²) in [6.07, 6.45) is 1.18. The zero-order valence-electron chi connectivity index (χ0n) is 21.4. The maximum Gasteiger partial charge on any atom is 0.272 e. The van der Waals surface area contributed by atoms with Crippen LogP contribution in [0.3, 0.4) is 0 Å². The molecule has 42 heavy (non-hydrogen) atoms. The fraction of sp³-hybridized carbons (Fsp3) is 0.0333. The molecular weight excluding hydrogens is 577 g/mol. The molecule has 0 aromatic heterocycles. The number of anilines is 2. The number of carbonyl (C=O) groups excluding carboxylic acids is 3. The number of hydrogen-bond acceptors (Lipinski definition) is 4. The van der Waals surface area contributed by atoms with E-state index in [1.165, 1.54) is 36.4 Å². The molecule has 0 aliphatic carbocycles. The molecule has 3 amide bonds.